The predicted octanol–water partition coefficient (Wildman–Crippen LogP) is 7.77. The maximum absolute atomic E-state index is 14.3. The van der Waals surface area contributed by atoms with Crippen molar-refractivity contribution in [1.29, 1.82) is 0 Å². The minimum atomic E-state index is -3.06. The zero-order valence-corrected chi connectivity index (χ0v) is 25.6. The van der Waals surface area contributed by atoms with E-state index in [-0.39, 0.29) is 0 Å². The largest absolute Gasteiger partial charge is 0.324 e. The van der Waals surface area contributed by atoms with Gasteiger partial charge in [0.25, 0.3) is 0 Å². The normalized spacial score (nSPS) is 11.5. The Kier molecular flexibility index (Phi) is 15.2. The summed E-state index contributed by atoms with van der Waals surface area (Å²) >= 11 is 0. The van der Waals surface area contributed by atoms with Crippen LogP contribution in [0.5, 0.6) is 0 Å². The lowest BCUT2D eigenvalue weighted by molar-refractivity contribution is -0.929. The van der Waals surface area contributed by atoms with Crippen LogP contribution in [0.25, 0.3) is 0 Å². The van der Waals surface area contributed by atoms with Crippen molar-refractivity contribution >= 4 is 23.1 Å². The summed E-state index contributed by atoms with van der Waals surface area (Å²) in [7, 11) is 0. The number of quaternary nitrogens is 1. The van der Waals surface area contributed by atoms with E-state index in [4.69, 9.17) is 0 Å². The van der Waals surface area contributed by atoms with Crippen molar-refractivity contribution < 1.29 is 30.8 Å². The fourth-order valence-corrected chi connectivity index (χ4v) is 5.79. The Morgan fingerprint density at radius 2 is 0.643 bits per heavy atom. The third kappa shape index (κ3) is 9.65. The average molecular weight is 594 g/mol. The van der Waals surface area contributed by atoms with E-state index < -0.39 is 58.0 Å². The molecule has 0 radical (unpaired) electrons. The quantitative estimate of drug-likeness (QED) is 0.0960. The molecule has 0 spiro atoms. The SMILES string of the molecule is CCCC[N+](CCCC)(CCCC)CCCC.Fc1cccc(F)c1[BH-](c1c(F)cccc1F)c1c(F)cccc1F. The molecule has 42 heavy (non-hydrogen) atoms. The molecular weight excluding hydrogens is 547 g/mol. The molecule has 0 aliphatic heterocycles. The number of rotatable bonds is 15. The lowest BCUT2D eigenvalue weighted by Crippen LogP contribution is -2.58. The van der Waals surface area contributed by atoms with Crippen LogP contribution < -0.4 is 16.4 Å². The van der Waals surface area contributed by atoms with E-state index >= 15 is 0 Å². The highest BCUT2D eigenvalue weighted by Gasteiger charge is 2.27. The second kappa shape index (κ2) is 18.0. The number of unbranched alkanes of at least 4 members (excludes halogenated alkanes) is 4. The maximum atomic E-state index is 14.3. The highest BCUT2D eigenvalue weighted by atomic mass is 19.2. The minimum absolute atomic E-state index is 0.754. The topological polar surface area (TPSA) is 0 Å². The number of halogens is 6. The smallest absolute Gasteiger partial charge is 0.0909 e. The maximum Gasteiger partial charge on any atom is 0.0909 e. The van der Waals surface area contributed by atoms with Crippen molar-refractivity contribution in [3.05, 3.63) is 89.5 Å². The van der Waals surface area contributed by atoms with Gasteiger partial charge in [0.15, 0.2) is 0 Å². The van der Waals surface area contributed by atoms with Crippen LogP contribution in [0.4, 0.5) is 26.3 Å². The zero-order chi connectivity index (χ0) is 31.1. The fraction of sp³-hybridized carbons (Fsp3) is 0.471. The zero-order valence-electron chi connectivity index (χ0n) is 25.6. The molecule has 3 aromatic carbocycles. The summed E-state index contributed by atoms with van der Waals surface area (Å²) < 4.78 is 87.2. The Hall–Kier alpha value is -2.74. The number of benzene rings is 3. The van der Waals surface area contributed by atoms with Gasteiger partial charge in [-0.1, -0.05) is 71.6 Å². The summed E-state index contributed by atoms with van der Waals surface area (Å²) in [5.41, 5.74) is -2.26. The lowest BCUT2D eigenvalue weighted by Gasteiger charge is -2.39. The number of hydrogen-bond acceptors (Lipinski definition) is 0. The first kappa shape index (κ1) is 35.5. The standard InChI is InChI=1S/C18H10BF6.C16H36N/c20-10-4-1-5-11(21)16(10)19(17-12(22)6-2-7-13(17)23)18-14(24)8-3-9-15(18)25;1-5-9-13-17(14-10-6-2,15-11-7-3)16-12-8-4/h1-9,19H;5-16H2,1-4H3/q-1;+1. The molecule has 0 saturated heterocycles. The van der Waals surface area contributed by atoms with Gasteiger partial charge in [0.05, 0.1) is 67.8 Å². The Bertz CT molecular complexity index is 1010. The van der Waals surface area contributed by atoms with Crippen molar-refractivity contribution in [2.24, 2.45) is 0 Å². The molecule has 0 aliphatic rings. The first-order valence-corrected chi connectivity index (χ1v) is 15.5. The van der Waals surface area contributed by atoms with E-state index in [0.29, 0.717) is 0 Å². The van der Waals surface area contributed by atoms with E-state index in [1.165, 1.54) is 82.0 Å². The van der Waals surface area contributed by atoms with Gasteiger partial charge >= 0.3 is 0 Å². The van der Waals surface area contributed by atoms with Crippen LogP contribution >= 0.6 is 0 Å². The Morgan fingerprint density at radius 3 is 0.833 bits per heavy atom. The van der Waals surface area contributed by atoms with Crippen LogP contribution in [0.15, 0.2) is 54.6 Å². The summed E-state index contributed by atoms with van der Waals surface area (Å²) in [5, 5.41) is 0. The van der Waals surface area contributed by atoms with Gasteiger partial charge in [-0.3, -0.25) is 0 Å². The summed E-state index contributed by atoms with van der Waals surface area (Å²) in [6.45, 7) is 12.0. The van der Waals surface area contributed by atoms with Gasteiger partial charge in [-0.15, -0.1) is 16.4 Å². The summed E-state index contributed by atoms with van der Waals surface area (Å²) in [6.07, 6.45) is 11.1. The minimum Gasteiger partial charge on any atom is -0.324 e. The highest BCUT2D eigenvalue weighted by Crippen LogP contribution is 2.16. The molecule has 0 fully saturated rings. The van der Waals surface area contributed by atoms with Gasteiger partial charge in [0.2, 0.25) is 0 Å². The Balaban J connectivity index is 0.000000319. The van der Waals surface area contributed by atoms with E-state index in [9.17, 15) is 26.3 Å². The van der Waals surface area contributed by atoms with Gasteiger partial charge in [0.1, 0.15) is 0 Å². The Morgan fingerprint density at radius 1 is 0.429 bits per heavy atom. The molecule has 0 atom stereocenters. The molecule has 0 aromatic heterocycles. The van der Waals surface area contributed by atoms with Crippen LogP contribution in [0, 0.1) is 34.9 Å². The molecule has 0 saturated carbocycles. The summed E-state index contributed by atoms with van der Waals surface area (Å²) in [6, 6.07) is 8.39. The second-order valence-corrected chi connectivity index (χ2v) is 11.3. The summed E-state index contributed by atoms with van der Waals surface area (Å²) in [4.78, 5) is 0. The first-order chi connectivity index (χ1) is 20.2. The van der Waals surface area contributed by atoms with Crippen molar-refractivity contribution in [1.82, 2.24) is 0 Å². The van der Waals surface area contributed by atoms with Crippen molar-refractivity contribution in [3.8, 4) is 0 Å². The third-order valence-corrected chi connectivity index (χ3v) is 8.19. The first-order valence-electron chi connectivity index (χ1n) is 15.5. The van der Waals surface area contributed by atoms with Crippen LogP contribution in [0.2, 0.25) is 0 Å². The molecular formula is C34H46BF6N. The third-order valence-electron chi connectivity index (χ3n) is 8.19. The van der Waals surface area contributed by atoms with Gasteiger partial charge in [-0.05, 0) is 62.1 Å². The van der Waals surface area contributed by atoms with Crippen molar-refractivity contribution in [3.63, 3.8) is 0 Å². The molecule has 0 aliphatic carbocycles. The average Bonchev–Trinajstić information content (AvgIpc) is 2.96. The predicted molar refractivity (Wildman–Crippen MR) is 164 cm³/mol. The molecule has 8 heteroatoms. The van der Waals surface area contributed by atoms with E-state index in [1.807, 2.05) is 0 Å². The van der Waals surface area contributed by atoms with Crippen LogP contribution in [0.3, 0.4) is 0 Å². The monoisotopic (exact) mass is 593 g/mol. The van der Waals surface area contributed by atoms with Gasteiger partial charge in [-0.25, -0.2) is 26.3 Å². The fourth-order valence-electron chi connectivity index (χ4n) is 5.79. The molecule has 1 nitrogen and oxygen atoms in total. The highest BCUT2D eigenvalue weighted by molar-refractivity contribution is 6.95. The Labute approximate surface area is 248 Å². The van der Waals surface area contributed by atoms with E-state index in [0.717, 1.165) is 54.6 Å². The van der Waals surface area contributed by atoms with E-state index in [2.05, 4.69) is 27.7 Å². The molecule has 0 bridgehead atoms. The molecule has 3 aromatic rings. The van der Waals surface area contributed by atoms with Crippen molar-refractivity contribution in [2.45, 2.75) is 79.1 Å². The summed E-state index contributed by atoms with van der Waals surface area (Å²) in [5.74, 6) is -6.80. The number of nitrogens with zero attached hydrogens (tertiary/aromatic N) is 1. The molecule has 0 heterocycles. The van der Waals surface area contributed by atoms with Crippen molar-refractivity contribution in [2.75, 3.05) is 26.2 Å². The molecule has 0 amide bonds. The molecule has 3 rings (SSSR count). The lowest BCUT2D eigenvalue weighted by atomic mass is 9.36. The van der Waals surface area contributed by atoms with Gasteiger partial charge < -0.3 is 4.48 Å². The van der Waals surface area contributed by atoms with Gasteiger partial charge in [0, 0.05) is 0 Å². The van der Waals surface area contributed by atoms with Crippen LogP contribution in [-0.2, 0) is 0 Å². The second-order valence-electron chi connectivity index (χ2n) is 11.3. The molecule has 232 valence electrons. The molecule has 0 N–H and O–H groups in total. The van der Waals surface area contributed by atoms with E-state index in [1.54, 1.807) is 0 Å². The molecule has 0 unspecified atom stereocenters. The van der Waals surface area contributed by atoms with Gasteiger partial charge in [-0.2, -0.15) is 0 Å². The van der Waals surface area contributed by atoms with Crippen LogP contribution in [0.1, 0.15) is 79.1 Å². The number of hydrogen-bond donors (Lipinski definition) is 0. The van der Waals surface area contributed by atoms with Crippen LogP contribution in [-0.4, -0.2) is 37.4 Å².